The molecule has 1 unspecified atom stereocenters. The van der Waals surface area contributed by atoms with E-state index in [0.717, 1.165) is 38.6 Å². The Balaban J connectivity index is 1.89. The Morgan fingerprint density at radius 2 is 2.00 bits per heavy atom. The first-order valence-electron chi connectivity index (χ1n) is 5.58. The van der Waals surface area contributed by atoms with Gasteiger partial charge in [-0.2, -0.15) is 0 Å². The summed E-state index contributed by atoms with van der Waals surface area (Å²) in [5.41, 5.74) is 0. The predicted octanol–water partition coefficient (Wildman–Crippen LogP) is 1.37. The number of ketones is 1. The van der Waals surface area contributed by atoms with E-state index in [1.165, 1.54) is 0 Å². The van der Waals surface area contributed by atoms with Crippen LogP contribution < -0.4 is 0 Å². The summed E-state index contributed by atoms with van der Waals surface area (Å²) in [5, 5.41) is 0. The number of hydrogen-bond acceptors (Lipinski definition) is 2. The highest BCUT2D eigenvalue weighted by Gasteiger charge is 2.28. The van der Waals surface area contributed by atoms with E-state index in [2.05, 4.69) is 0 Å². The van der Waals surface area contributed by atoms with Gasteiger partial charge in [-0.3, -0.25) is 9.59 Å². The summed E-state index contributed by atoms with van der Waals surface area (Å²) < 4.78 is 0. The van der Waals surface area contributed by atoms with Crippen LogP contribution >= 0.6 is 0 Å². The molecule has 1 saturated carbocycles. The Labute approximate surface area is 84.5 Å². The monoisotopic (exact) mass is 195 g/mol. The van der Waals surface area contributed by atoms with Gasteiger partial charge in [0.25, 0.3) is 0 Å². The summed E-state index contributed by atoms with van der Waals surface area (Å²) in [6, 6.07) is 0. The molecule has 2 rings (SSSR count). The lowest BCUT2D eigenvalue weighted by molar-refractivity contribution is -0.130. The SMILES string of the molecule is O=C1CCCCC1CN1CCCC1=O. The maximum Gasteiger partial charge on any atom is 0.222 e. The molecule has 1 heterocycles. The van der Waals surface area contributed by atoms with Gasteiger partial charge in [0.2, 0.25) is 5.91 Å². The zero-order valence-corrected chi connectivity index (χ0v) is 8.50. The summed E-state index contributed by atoms with van der Waals surface area (Å²) in [5.74, 6) is 0.755. The van der Waals surface area contributed by atoms with Crippen molar-refractivity contribution in [3.8, 4) is 0 Å². The Bertz CT molecular complexity index is 250. The van der Waals surface area contributed by atoms with Crippen molar-refractivity contribution in [2.45, 2.75) is 38.5 Å². The number of nitrogens with zero attached hydrogens (tertiary/aromatic N) is 1. The third-order valence-electron chi connectivity index (χ3n) is 3.29. The van der Waals surface area contributed by atoms with Crippen molar-refractivity contribution < 1.29 is 9.59 Å². The van der Waals surface area contributed by atoms with Crippen LogP contribution in [0, 0.1) is 5.92 Å². The summed E-state index contributed by atoms with van der Waals surface area (Å²) in [4.78, 5) is 24.8. The van der Waals surface area contributed by atoms with Gasteiger partial charge < -0.3 is 4.90 Å². The lowest BCUT2D eigenvalue weighted by atomic mass is 9.87. The number of likely N-dealkylation sites (tertiary alicyclic amines) is 1. The molecule has 1 aliphatic heterocycles. The van der Waals surface area contributed by atoms with Gasteiger partial charge in [-0.15, -0.1) is 0 Å². The van der Waals surface area contributed by atoms with Crippen molar-refractivity contribution in [2.75, 3.05) is 13.1 Å². The fraction of sp³-hybridized carbons (Fsp3) is 0.818. The van der Waals surface area contributed by atoms with Crippen LogP contribution in [0.4, 0.5) is 0 Å². The van der Waals surface area contributed by atoms with Crippen LogP contribution in [0.3, 0.4) is 0 Å². The average molecular weight is 195 g/mol. The molecule has 14 heavy (non-hydrogen) atoms. The molecule has 0 spiro atoms. The second-order valence-corrected chi connectivity index (χ2v) is 4.35. The molecule has 1 amide bonds. The molecule has 0 N–H and O–H groups in total. The van der Waals surface area contributed by atoms with Crippen LogP contribution in [-0.2, 0) is 9.59 Å². The minimum atomic E-state index is 0.144. The number of Topliss-reactive ketones (excluding diaryl/α,β-unsaturated/α-hetero) is 1. The van der Waals surface area contributed by atoms with Crippen molar-refractivity contribution in [2.24, 2.45) is 5.92 Å². The van der Waals surface area contributed by atoms with Crippen molar-refractivity contribution >= 4 is 11.7 Å². The third kappa shape index (κ3) is 1.97. The van der Waals surface area contributed by atoms with E-state index in [9.17, 15) is 9.59 Å². The van der Waals surface area contributed by atoms with Gasteiger partial charge in [0.1, 0.15) is 5.78 Å². The van der Waals surface area contributed by atoms with Crippen LogP contribution in [0.25, 0.3) is 0 Å². The van der Waals surface area contributed by atoms with E-state index in [1.807, 2.05) is 4.90 Å². The van der Waals surface area contributed by atoms with E-state index in [1.54, 1.807) is 0 Å². The lowest BCUT2D eigenvalue weighted by Crippen LogP contribution is -2.35. The molecule has 78 valence electrons. The fourth-order valence-electron chi connectivity index (χ4n) is 2.41. The number of carbonyl (C=O) groups excluding carboxylic acids is 2. The first-order chi connectivity index (χ1) is 6.77. The van der Waals surface area contributed by atoms with Gasteiger partial charge in [-0.05, 0) is 19.3 Å². The maximum atomic E-state index is 11.6. The number of hydrogen-bond donors (Lipinski definition) is 0. The predicted molar refractivity (Wildman–Crippen MR) is 52.8 cm³/mol. The number of rotatable bonds is 2. The Morgan fingerprint density at radius 1 is 1.14 bits per heavy atom. The normalized spacial score (nSPS) is 28.6. The quantitative estimate of drug-likeness (QED) is 0.667. The number of amides is 1. The fourth-order valence-corrected chi connectivity index (χ4v) is 2.41. The van der Waals surface area contributed by atoms with Crippen LogP contribution in [0.15, 0.2) is 0 Å². The minimum Gasteiger partial charge on any atom is -0.342 e. The van der Waals surface area contributed by atoms with Gasteiger partial charge >= 0.3 is 0 Å². The molecular weight excluding hydrogens is 178 g/mol. The zero-order chi connectivity index (χ0) is 9.97. The van der Waals surface area contributed by atoms with E-state index in [-0.39, 0.29) is 11.8 Å². The maximum absolute atomic E-state index is 11.6. The van der Waals surface area contributed by atoms with Crippen molar-refractivity contribution in [1.82, 2.24) is 4.90 Å². The molecule has 0 aromatic rings. The molecule has 3 nitrogen and oxygen atoms in total. The van der Waals surface area contributed by atoms with E-state index >= 15 is 0 Å². The largest absolute Gasteiger partial charge is 0.342 e. The minimum absolute atomic E-state index is 0.144. The molecular formula is C11H17NO2. The molecule has 2 fully saturated rings. The second-order valence-electron chi connectivity index (χ2n) is 4.35. The molecule has 1 aliphatic carbocycles. The highest BCUT2D eigenvalue weighted by Crippen LogP contribution is 2.23. The highest BCUT2D eigenvalue weighted by atomic mass is 16.2. The van der Waals surface area contributed by atoms with Crippen molar-refractivity contribution in [3.63, 3.8) is 0 Å². The average Bonchev–Trinajstić information content (AvgIpc) is 2.56. The second kappa shape index (κ2) is 4.11. The third-order valence-corrected chi connectivity index (χ3v) is 3.29. The van der Waals surface area contributed by atoms with Crippen LogP contribution in [0.2, 0.25) is 0 Å². The summed E-state index contributed by atoms with van der Waals surface area (Å²) in [7, 11) is 0. The molecule has 1 saturated heterocycles. The van der Waals surface area contributed by atoms with Gasteiger partial charge in [-0.25, -0.2) is 0 Å². The Morgan fingerprint density at radius 3 is 2.64 bits per heavy atom. The van der Waals surface area contributed by atoms with E-state index < -0.39 is 0 Å². The zero-order valence-electron chi connectivity index (χ0n) is 8.50. The van der Waals surface area contributed by atoms with Gasteiger partial charge in [0.05, 0.1) is 0 Å². The molecule has 0 aromatic carbocycles. The lowest BCUT2D eigenvalue weighted by Gasteiger charge is -2.25. The molecule has 0 aromatic heterocycles. The van der Waals surface area contributed by atoms with Gasteiger partial charge in [0.15, 0.2) is 0 Å². The molecule has 0 bridgehead atoms. The van der Waals surface area contributed by atoms with E-state index in [4.69, 9.17) is 0 Å². The summed E-state index contributed by atoms with van der Waals surface area (Å²) in [6.07, 6.45) is 5.57. The topological polar surface area (TPSA) is 37.4 Å². The molecule has 3 heteroatoms. The first kappa shape index (κ1) is 9.69. The van der Waals surface area contributed by atoms with Crippen molar-refractivity contribution in [1.29, 1.82) is 0 Å². The standard InChI is InChI=1S/C11H17NO2/c13-10-5-2-1-4-9(10)8-12-7-3-6-11(12)14/h9H,1-8H2. The van der Waals surface area contributed by atoms with Gasteiger partial charge in [0, 0.05) is 31.8 Å². The molecule has 0 radical (unpaired) electrons. The smallest absolute Gasteiger partial charge is 0.222 e. The summed E-state index contributed by atoms with van der Waals surface area (Å²) in [6.45, 7) is 1.56. The number of carbonyl (C=O) groups is 2. The molecule has 2 aliphatic rings. The first-order valence-corrected chi connectivity index (χ1v) is 5.58. The van der Waals surface area contributed by atoms with Crippen LogP contribution in [0.5, 0.6) is 0 Å². The molecule has 1 atom stereocenters. The highest BCUT2D eigenvalue weighted by molar-refractivity contribution is 5.83. The van der Waals surface area contributed by atoms with E-state index in [0.29, 0.717) is 18.7 Å². The van der Waals surface area contributed by atoms with Crippen molar-refractivity contribution in [3.05, 3.63) is 0 Å². The summed E-state index contributed by atoms with van der Waals surface area (Å²) >= 11 is 0. The van der Waals surface area contributed by atoms with Gasteiger partial charge in [-0.1, -0.05) is 6.42 Å². The Kier molecular flexibility index (Phi) is 2.85. The van der Waals surface area contributed by atoms with Crippen LogP contribution in [-0.4, -0.2) is 29.7 Å². The van der Waals surface area contributed by atoms with Crippen LogP contribution in [0.1, 0.15) is 38.5 Å². The Hall–Kier alpha value is -0.860.